The van der Waals surface area contributed by atoms with Crippen molar-refractivity contribution in [2.24, 2.45) is 11.8 Å². The summed E-state index contributed by atoms with van der Waals surface area (Å²) < 4.78 is 22.4. The number of aliphatic hydroxyl groups is 5. The predicted molar refractivity (Wildman–Crippen MR) is 135 cm³/mol. The van der Waals surface area contributed by atoms with Crippen molar-refractivity contribution in [1.82, 2.24) is 4.90 Å². The Bertz CT molecular complexity index is 1190. The number of carbonyl (C=O) groups excluding carboxylic acids is 2. The van der Waals surface area contributed by atoms with Crippen LogP contribution in [0, 0.1) is 11.8 Å². The first-order valence-corrected chi connectivity index (χ1v) is 13.4. The number of hydrogen-bond donors (Lipinski definition) is 6. The molecular formula is C27H34N2O11. The van der Waals surface area contributed by atoms with Crippen LogP contribution < -0.4 is 5.32 Å². The molecule has 0 bridgehead atoms. The maximum Gasteiger partial charge on any atom is 0.337 e. The van der Waals surface area contributed by atoms with E-state index in [1.54, 1.807) is 6.07 Å². The Balaban J connectivity index is 1.33. The summed E-state index contributed by atoms with van der Waals surface area (Å²) in [5.74, 6) is -1.88. The summed E-state index contributed by atoms with van der Waals surface area (Å²) in [6, 6.07) is 6.33. The third-order valence-corrected chi connectivity index (χ3v) is 9.25. The van der Waals surface area contributed by atoms with Crippen LogP contribution in [0.2, 0.25) is 0 Å². The van der Waals surface area contributed by atoms with Crippen molar-refractivity contribution in [3.8, 4) is 0 Å². The number of hydrogen-bond acceptors (Lipinski definition) is 13. The third kappa shape index (κ3) is 3.99. The molecule has 1 aromatic rings. The van der Waals surface area contributed by atoms with Crippen molar-refractivity contribution in [3.05, 3.63) is 41.7 Å². The van der Waals surface area contributed by atoms with Gasteiger partial charge in [0.05, 0.1) is 32.2 Å². The first kappa shape index (κ1) is 27.5. The zero-order valence-corrected chi connectivity index (χ0v) is 21.8. The Morgan fingerprint density at radius 3 is 2.60 bits per heavy atom. The molecule has 1 aromatic carbocycles. The second-order valence-electron chi connectivity index (χ2n) is 11.0. The zero-order chi connectivity index (χ0) is 28.3. The fraction of sp³-hybridized carbons (Fsp3) is 0.630. The maximum atomic E-state index is 13.8. The summed E-state index contributed by atoms with van der Waals surface area (Å²) in [6.45, 7) is -0.494. The van der Waals surface area contributed by atoms with Crippen LogP contribution in [0.15, 0.2) is 36.1 Å². The zero-order valence-electron chi connectivity index (χ0n) is 21.8. The lowest BCUT2D eigenvalue weighted by Crippen LogP contribution is -2.65. The Hall–Kier alpha value is -2.62. The van der Waals surface area contributed by atoms with Gasteiger partial charge in [0.2, 0.25) is 6.29 Å². The molecule has 5 heterocycles. The Labute approximate surface area is 229 Å². The molecule has 13 nitrogen and oxygen atoms in total. The lowest BCUT2D eigenvalue weighted by atomic mass is 9.68. The molecule has 218 valence electrons. The first-order chi connectivity index (χ1) is 19.2. The number of aliphatic hydroxyl groups excluding tert-OH is 5. The summed E-state index contributed by atoms with van der Waals surface area (Å²) in [7, 11) is 1.25. The number of ketones is 1. The van der Waals surface area contributed by atoms with Crippen molar-refractivity contribution in [3.63, 3.8) is 0 Å². The summed E-state index contributed by atoms with van der Waals surface area (Å²) in [6.07, 6.45) is -6.65. The van der Waals surface area contributed by atoms with Gasteiger partial charge in [-0.1, -0.05) is 12.1 Å². The number of fused-ring (bicyclic) bond motifs is 4. The van der Waals surface area contributed by atoms with E-state index in [1.165, 1.54) is 13.4 Å². The second kappa shape index (κ2) is 10.3. The van der Waals surface area contributed by atoms with Crippen LogP contribution in [0.25, 0.3) is 0 Å². The highest BCUT2D eigenvalue weighted by atomic mass is 16.8. The van der Waals surface area contributed by atoms with Gasteiger partial charge in [-0.3, -0.25) is 9.69 Å². The van der Waals surface area contributed by atoms with Crippen LogP contribution in [-0.2, 0) is 23.7 Å². The largest absolute Gasteiger partial charge is 0.471 e. The molecule has 0 saturated carbocycles. The predicted octanol–water partition coefficient (Wildman–Crippen LogP) is -1.67. The van der Waals surface area contributed by atoms with Gasteiger partial charge in [0.1, 0.15) is 30.0 Å². The summed E-state index contributed by atoms with van der Waals surface area (Å²) in [5, 5.41) is 54.7. The highest BCUT2D eigenvalue weighted by Gasteiger charge is 2.63. The smallest absolute Gasteiger partial charge is 0.337 e. The van der Waals surface area contributed by atoms with Crippen molar-refractivity contribution in [1.29, 1.82) is 0 Å². The van der Waals surface area contributed by atoms with Gasteiger partial charge in [-0.15, -0.1) is 0 Å². The minimum Gasteiger partial charge on any atom is -0.471 e. The SMILES string of the molecule is COC(=O)C1=COC(OC2OC(CO)C(O)C(O)C2O)C2C1CC1N(CCC13Nc1ccccc1C3=O)C2CO. The summed E-state index contributed by atoms with van der Waals surface area (Å²) >= 11 is 0. The lowest BCUT2D eigenvalue weighted by molar-refractivity contribution is -0.346. The van der Waals surface area contributed by atoms with Gasteiger partial charge in [-0.2, -0.15) is 0 Å². The van der Waals surface area contributed by atoms with Crippen molar-refractivity contribution < 1.29 is 54.1 Å². The Kier molecular flexibility index (Phi) is 7.12. The second-order valence-corrected chi connectivity index (χ2v) is 11.0. The molecule has 13 heteroatoms. The lowest BCUT2D eigenvalue weighted by Gasteiger charge is -2.53. The molecule has 6 rings (SSSR count). The molecule has 11 unspecified atom stereocenters. The van der Waals surface area contributed by atoms with Gasteiger partial charge in [0.25, 0.3) is 0 Å². The number of piperidine rings is 1. The normalized spacial score (nSPS) is 42.4. The number of nitrogens with one attached hydrogen (secondary N) is 1. The van der Waals surface area contributed by atoms with E-state index in [0.29, 0.717) is 24.9 Å². The van der Waals surface area contributed by atoms with Crippen molar-refractivity contribution >= 4 is 17.4 Å². The van der Waals surface area contributed by atoms with E-state index in [2.05, 4.69) is 5.32 Å². The average Bonchev–Trinajstić information content (AvgIpc) is 3.48. The number of anilines is 1. The quantitative estimate of drug-likeness (QED) is 0.224. The molecule has 3 fully saturated rings. The van der Waals surface area contributed by atoms with Gasteiger partial charge in [-0.25, -0.2) is 4.79 Å². The van der Waals surface area contributed by atoms with Crippen molar-refractivity contribution in [2.75, 3.05) is 32.2 Å². The molecule has 0 radical (unpaired) electrons. The number of benzene rings is 1. The van der Waals surface area contributed by atoms with Gasteiger partial charge in [-0.05, 0) is 25.0 Å². The number of para-hydroxylation sites is 1. The van der Waals surface area contributed by atoms with E-state index in [0.717, 1.165) is 5.69 Å². The van der Waals surface area contributed by atoms with E-state index < -0.39 is 73.0 Å². The standard InChI is InChI=1S/C27H34N2O11/c1-37-24(36)14-11-38-25(40-26-22(34)21(33)20(32)17(10-31)39-26)19-13(14)8-18-27(6-7-29(18)16(19)9-30)23(35)12-4-2-3-5-15(12)28-27/h2-5,11,13,16-22,25-26,28,30-34H,6-10H2,1H3. The number of Topliss-reactive ketones (excluding diaryl/α,β-unsaturated/α-hetero) is 1. The first-order valence-electron chi connectivity index (χ1n) is 13.4. The van der Waals surface area contributed by atoms with Gasteiger partial charge < -0.3 is 49.8 Å². The maximum absolute atomic E-state index is 13.8. The molecule has 3 saturated heterocycles. The average molecular weight is 563 g/mol. The van der Waals surface area contributed by atoms with Gasteiger partial charge >= 0.3 is 5.97 Å². The van der Waals surface area contributed by atoms with Crippen LogP contribution >= 0.6 is 0 Å². The van der Waals surface area contributed by atoms with Crippen LogP contribution in [0.5, 0.6) is 0 Å². The molecule has 5 aliphatic heterocycles. The van der Waals surface area contributed by atoms with E-state index in [9.17, 15) is 35.1 Å². The minimum absolute atomic E-state index is 0.0319. The van der Waals surface area contributed by atoms with Gasteiger partial charge in [0.15, 0.2) is 12.1 Å². The monoisotopic (exact) mass is 562 g/mol. The molecule has 1 spiro atoms. The van der Waals surface area contributed by atoms with E-state index in [-0.39, 0.29) is 24.0 Å². The molecule has 11 atom stereocenters. The van der Waals surface area contributed by atoms with E-state index in [4.69, 9.17) is 18.9 Å². The fourth-order valence-corrected chi connectivity index (χ4v) is 7.27. The summed E-state index contributed by atoms with van der Waals surface area (Å²) in [5.41, 5.74) is 0.641. The summed E-state index contributed by atoms with van der Waals surface area (Å²) in [4.78, 5) is 28.7. The molecule has 5 aliphatic rings. The molecular weight excluding hydrogens is 528 g/mol. The van der Waals surface area contributed by atoms with E-state index in [1.807, 2.05) is 23.1 Å². The van der Waals surface area contributed by atoms with Crippen molar-refractivity contribution in [2.45, 2.75) is 67.5 Å². The number of rotatable bonds is 5. The molecule has 0 amide bonds. The number of esters is 1. The molecule has 6 N–H and O–H groups in total. The Morgan fingerprint density at radius 1 is 1.12 bits per heavy atom. The number of ether oxygens (including phenoxy) is 4. The van der Waals surface area contributed by atoms with Gasteiger partial charge in [0, 0.05) is 41.7 Å². The highest BCUT2D eigenvalue weighted by molar-refractivity contribution is 6.14. The van der Waals surface area contributed by atoms with E-state index >= 15 is 0 Å². The third-order valence-electron chi connectivity index (χ3n) is 9.25. The van der Waals surface area contributed by atoms with Crippen LogP contribution in [0.3, 0.4) is 0 Å². The highest BCUT2D eigenvalue weighted by Crippen LogP contribution is 2.52. The minimum atomic E-state index is -1.66. The number of nitrogens with zero attached hydrogens (tertiary/aromatic N) is 1. The fourth-order valence-electron chi connectivity index (χ4n) is 7.27. The number of methoxy groups -OCH3 is 1. The Morgan fingerprint density at radius 2 is 1.90 bits per heavy atom. The number of carbonyl (C=O) groups is 2. The van der Waals surface area contributed by atoms with Crippen LogP contribution in [0.1, 0.15) is 23.2 Å². The molecule has 0 aromatic heterocycles. The van der Waals surface area contributed by atoms with Crippen LogP contribution in [-0.4, -0.2) is 124 Å². The molecule has 40 heavy (non-hydrogen) atoms. The molecule has 0 aliphatic carbocycles. The topological polar surface area (TPSA) is 187 Å². The van der Waals surface area contributed by atoms with Crippen LogP contribution in [0.4, 0.5) is 5.69 Å².